The molecule has 1 N–H and O–H groups in total. The first kappa shape index (κ1) is 26.4. The van der Waals surface area contributed by atoms with Crippen LogP contribution in [-0.2, 0) is 0 Å². The van der Waals surface area contributed by atoms with Gasteiger partial charge in [0.2, 0.25) is 5.75 Å². The van der Waals surface area contributed by atoms with Crippen LogP contribution in [0.4, 0.5) is 5.69 Å². The van der Waals surface area contributed by atoms with Gasteiger partial charge in [-0.1, -0.05) is 22.0 Å². The molecule has 0 fully saturated rings. The van der Waals surface area contributed by atoms with Crippen LogP contribution in [0.15, 0.2) is 70.2 Å². The number of nitro benzene ring substituents is 1. The molecule has 11 heteroatoms. The van der Waals surface area contributed by atoms with Crippen LogP contribution in [0.2, 0.25) is 0 Å². The predicted octanol–water partition coefficient (Wildman–Crippen LogP) is 5.14. The SMILES string of the molecule is CCOc1ccc(C(=O)Oc2c(/C=N/NC(=O)c3ccc(Br)cc3)cccc2[N+](=O)[O-])cc1OCC. The van der Waals surface area contributed by atoms with E-state index in [2.05, 4.69) is 26.5 Å². The second-order valence-electron chi connectivity index (χ2n) is 7.08. The highest BCUT2D eigenvalue weighted by Gasteiger charge is 2.23. The van der Waals surface area contributed by atoms with Gasteiger partial charge in [0, 0.05) is 21.7 Å². The standard InChI is InChI=1S/C25H22BrN3O7/c1-3-34-21-13-10-17(14-22(21)35-4-2)25(31)36-23-18(6-5-7-20(23)29(32)33)15-27-28-24(30)16-8-11-19(26)12-9-16/h5-15H,3-4H2,1-2H3,(H,28,30)/b27-15+. The highest BCUT2D eigenvalue weighted by atomic mass is 79.9. The lowest BCUT2D eigenvalue weighted by atomic mass is 10.1. The second-order valence-corrected chi connectivity index (χ2v) is 7.99. The molecule has 0 aromatic heterocycles. The minimum Gasteiger partial charge on any atom is -0.490 e. The zero-order valence-corrected chi connectivity index (χ0v) is 21.0. The minimum atomic E-state index is -0.846. The van der Waals surface area contributed by atoms with E-state index < -0.39 is 22.5 Å². The zero-order valence-electron chi connectivity index (χ0n) is 19.4. The third kappa shape index (κ3) is 6.66. The molecule has 0 aliphatic carbocycles. The second kappa shape index (κ2) is 12.5. The lowest BCUT2D eigenvalue weighted by Gasteiger charge is -2.12. The number of ether oxygens (including phenoxy) is 3. The van der Waals surface area contributed by atoms with Crippen molar-refractivity contribution in [1.82, 2.24) is 5.43 Å². The molecule has 10 nitrogen and oxygen atoms in total. The highest BCUT2D eigenvalue weighted by molar-refractivity contribution is 9.10. The number of carbonyl (C=O) groups excluding carboxylic acids is 2. The first-order chi connectivity index (χ1) is 17.3. The minimum absolute atomic E-state index is 0.103. The number of amides is 1. The molecule has 0 atom stereocenters. The maximum absolute atomic E-state index is 12.9. The Morgan fingerprint density at radius 1 is 1.00 bits per heavy atom. The monoisotopic (exact) mass is 555 g/mol. The third-order valence-corrected chi connectivity index (χ3v) is 5.20. The number of nitrogens with zero attached hydrogens (tertiary/aromatic N) is 2. The first-order valence-corrected chi connectivity index (χ1v) is 11.6. The molecule has 0 aliphatic rings. The maximum atomic E-state index is 12.9. The van der Waals surface area contributed by atoms with Gasteiger partial charge in [0.05, 0.1) is 29.9 Å². The number of benzene rings is 3. The Morgan fingerprint density at radius 3 is 2.33 bits per heavy atom. The van der Waals surface area contributed by atoms with Gasteiger partial charge in [-0.3, -0.25) is 14.9 Å². The van der Waals surface area contributed by atoms with Gasteiger partial charge < -0.3 is 14.2 Å². The average Bonchev–Trinajstić information content (AvgIpc) is 2.86. The molecule has 0 heterocycles. The normalized spacial score (nSPS) is 10.6. The molecular formula is C25H22BrN3O7. The third-order valence-electron chi connectivity index (χ3n) is 4.67. The summed E-state index contributed by atoms with van der Waals surface area (Å²) in [6.07, 6.45) is 1.16. The summed E-state index contributed by atoms with van der Waals surface area (Å²) in [6.45, 7) is 4.35. The van der Waals surface area contributed by atoms with Crippen molar-refractivity contribution >= 4 is 39.7 Å². The van der Waals surface area contributed by atoms with E-state index in [9.17, 15) is 19.7 Å². The molecule has 0 spiro atoms. The summed E-state index contributed by atoms with van der Waals surface area (Å²) in [5.74, 6) is -0.854. The van der Waals surface area contributed by atoms with Crippen LogP contribution in [0.25, 0.3) is 0 Å². The first-order valence-electron chi connectivity index (χ1n) is 10.8. The fraction of sp³-hybridized carbons (Fsp3) is 0.160. The van der Waals surface area contributed by atoms with Crippen molar-refractivity contribution in [3.63, 3.8) is 0 Å². The summed E-state index contributed by atoms with van der Waals surface area (Å²) >= 11 is 3.29. The van der Waals surface area contributed by atoms with E-state index in [4.69, 9.17) is 14.2 Å². The zero-order chi connectivity index (χ0) is 26.1. The number of hydrogen-bond donors (Lipinski definition) is 1. The average molecular weight is 556 g/mol. The molecule has 186 valence electrons. The predicted molar refractivity (Wildman–Crippen MR) is 136 cm³/mol. The molecule has 3 rings (SSSR count). The lowest BCUT2D eigenvalue weighted by Crippen LogP contribution is -2.17. The number of hydrogen-bond acceptors (Lipinski definition) is 8. The molecule has 0 saturated carbocycles. The Bertz CT molecular complexity index is 1290. The number of rotatable bonds is 10. The summed E-state index contributed by atoms with van der Waals surface area (Å²) in [5.41, 5.74) is 2.48. The Hall–Kier alpha value is -4.25. The summed E-state index contributed by atoms with van der Waals surface area (Å²) in [4.78, 5) is 36.1. The van der Waals surface area contributed by atoms with Crippen molar-refractivity contribution in [3.8, 4) is 17.2 Å². The van der Waals surface area contributed by atoms with Gasteiger partial charge in [-0.15, -0.1) is 0 Å². The van der Waals surface area contributed by atoms with E-state index in [1.807, 2.05) is 6.92 Å². The fourth-order valence-electron chi connectivity index (χ4n) is 3.05. The van der Waals surface area contributed by atoms with E-state index in [1.54, 1.807) is 37.3 Å². The van der Waals surface area contributed by atoms with Crippen molar-refractivity contribution in [3.05, 3.63) is 91.9 Å². The number of nitro groups is 1. The van der Waals surface area contributed by atoms with Gasteiger partial charge in [-0.05, 0) is 62.4 Å². The molecule has 0 unspecified atom stereocenters. The van der Waals surface area contributed by atoms with Gasteiger partial charge >= 0.3 is 11.7 Å². The Labute approximate surface area is 215 Å². The van der Waals surface area contributed by atoms with Gasteiger partial charge in [-0.2, -0.15) is 5.10 Å². The van der Waals surface area contributed by atoms with Crippen molar-refractivity contribution in [2.24, 2.45) is 5.10 Å². The molecule has 3 aromatic carbocycles. The molecule has 0 saturated heterocycles. The molecule has 0 radical (unpaired) electrons. The maximum Gasteiger partial charge on any atom is 0.343 e. The number of hydrazone groups is 1. The van der Waals surface area contributed by atoms with Gasteiger partial charge in [0.1, 0.15) is 0 Å². The number of nitrogens with one attached hydrogen (secondary N) is 1. The van der Waals surface area contributed by atoms with E-state index in [1.165, 1.54) is 30.3 Å². The van der Waals surface area contributed by atoms with Crippen LogP contribution in [0.5, 0.6) is 17.2 Å². The van der Waals surface area contributed by atoms with Gasteiger partial charge in [0.25, 0.3) is 5.91 Å². The molecule has 0 bridgehead atoms. The Balaban J connectivity index is 1.86. The van der Waals surface area contributed by atoms with Crippen molar-refractivity contribution in [1.29, 1.82) is 0 Å². The molecule has 1 amide bonds. The van der Waals surface area contributed by atoms with Crippen LogP contribution in [0, 0.1) is 10.1 Å². The Kier molecular flexibility index (Phi) is 9.12. The van der Waals surface area contributed by atoms with Crippen LogP contribution < -0.4 is 19.6 Å². The van der Waals surface area contributed by atoms with E-state index in [-0.39, 0.29) is 16.9 Å². The Morgan fingerprint density at radius 2 is 1.67 bits per heavy atom. The van der Waals surface area contributed by atoms with E-state index in [0.717, 1.165) is 10.7 Å². The van der Waals surface area contributed by atoms with Crippen LogP contribution in [-0.4, -0.2) is 36.2 Å². The lowest BCUT2D eigenvalue weighted by molar-refractivity contribution is -0.385. The van der Waals surface area contributed by atoms with Crippen LogP contribution >= 0.6 is 15.9 Å². The van der Waals surface area contributed by atoms with Crippen molar-refractivity contribution in [2.45, 2.75) is 13.8 Å². The van der Waals surface area contributed by atoms with E-state index >= 15 is 0 Å². The van der Waals surface area contributed by atoms with Gasteiger partial charge in [0.15, 0.2) is 11.5 Å². The van der Waals surface area contributed by atoms with Gasteiger partial charge in [-0.25, -0.2) is 10.2 Å². The summed E-state index contributed by atoms with van der Waals surface area (Å²) < 4.78 is 17.3. The topological polar surface area (TPSA) is 129 Å². The van der Waals surface area contributed by atoms with Crippen molar-refractivity contribution < 1.29 is 28.7 Å². The number of para-hydroxylation sites is 1. The molecule has 36 heavy (non-hydrogen) atoms. The number of halogens is 1. The number of esters is 1. The molecular weight excluding hydrogens is 534 g/mol. The van der Waals surface area contributed by atoms with E-state index in [0.29, 0.717) is 30.3 Å². The summed E-state index contributed by atoms with van der Waals surface area (Å²) in [7, 11) is 0. The molecule has 0 aliphatic heterocycles. The van der Waals surface area contributed by atoms with Crippen LogP contribution in [0.3, 0.4) is 0 Å². The highest BCUT2D eigenvalue weighted by Crippen LogP contribution is 2.32. The van der Waals surface area contributed by atoms with Crippen molar-refractivity contribution in [2.75, 3.05) is 13.2 Å². The molecule has 3 aromatic rings. The summed E-state index contributed by atoms with van der Waals surface area (Å²) in [6, 6.07) is 15.2. The smallest absolute Gasteiger partial charge is 0.343 e. The van der Waals surface area contributed by atoms with Crippen LogP contribution in [0.1, 0.15) is 40.1 Å². The largest absolute Gasteiger partial charge is 0.490 e. The fourth-order valence-corrected chi connectivity index (χ4v) is 3.32. The number of carbonyl (C=O) groups is 2. The summed E-state index contributed by atoms with van der Waals surface area (Å²) in [5, 5.41) is 15.5. The quantitative estimate of drug-likeness (QED) is 0.120.